The number of H-pyrrole nitrogens is 1. The van der Waals surface area contributed by atoms with Crippen LogP contribution in [0.3, 0.4) is 0 Å². The molecule has 43 heavy (non-hydrogen) atoms. The Morgan fingerprint density at radius 2 is 1.91 bits per heavy atom. The summed E-state index contributed by atoms with van der Waals surface area (Å²) in [5.41, 5.74) is 4.75. The summed E-state index contributed by atoms with van der Waals surface area (Å²) in [5, 5.41) is 0. The zero-order valence-corrected chi connectivity index (χ0v) is 24.5. The lowest BCUT2D eigenvalue weighted by Crippen LogP contribution is -2.37. The quantitative estimate of drug-likeness (QED) is 0.257. The summed E-state index contributed by atoms with van der Waals surface area (Å²) in [6, 6.07) is 0.963. The number of hydrogen-bond donors (Lipinski definition) is 3. The highest BCUT2D eigenvalue weighted by Crippen LogP contribution is 2.64. The lowest BCUT2D eigenvalue weighted by molar-refractivity contribution is -0.0619. The minimum Gasteiger partial charge on any atom is -0.382 e. The topological polar surface area (TPSA) is 243 Å². The summed E-state index contributed by atoms with van der Waals surface area (Å²) in [6.07, 6.45) is -6.70. The molecule has 6 heterocycles. The molecule has 9 atom stereocenters. The number of hydrogen-bond acceptors (Lipinski definition) is 16. The number of aromatic nitrogens is 6. The monoisotopic (exact) mass is 667 g/mol. The summed E-state index contributed by atoms with van der Waals surface area (Å²) < 4.78 is 83.0. The van der Waals surface area contributed by atoms with E-state index in [1.54, 1.807) is 0 Å². The Morgan fingerprint density at radius 3 is 2.67 bits per heavy atom. The molecule has 3 aliphatic rings. The number of phosphoric acid groups is 1. The van der Waals surface area contributed by atoms with E-state index in [0.717, 1.165) is 16.8 Å². The lowest BCUT2D eigenvalue weighted by Gasteiger charge is -2.28. The minimum absolute atomic E-state index is 0.0355. The van der Waals surface area contributed by atoms with Crippen LogP contribution in [-0.2, 0) is 40.9 Å². The van der Waals surface area contributed by atoms with Gasteiger partial charge in [-0.15, -0.1) is 0 Å². The number of nitrogens with two attached hydrogens (primary N) is 1. The Labute approximate surface area is 243 Å². The first kappa shape index (κ1) is 30.5. The maximum absolute atomic E-state index is 15.8. The first-order valence-electron chi connectivity index (χ1n) is 12.5. The third-order valence-corrected chi connectivity index (χ3v) is 10.6. The Hall–Kier alpha value is -2.55. The van der Waals surface area contributed by atoms with Crippen LogP contribution in [0.4, 0.5) is 10.2 Å². The van der Waals surface area contributed by atoms with Crippen molar-refractivity contribution in [2.45, 2.75) is 49.5 Å². The molecule has 19 nitrogen and oxygen atoms in total. The molecule has 234 valence electrons. The molecule has 0 spiro atoms. The van der Waals surface area contributed by atoms with Gasteiger partial charge >= 0.3 is 20.3 Å². The second-order valence-corrected chi connectivity index (χ2v) is 14.5. The molecule has 0 aromatic carbocycles. The fourth-order valence-corrected chi connectivity index (χ4v) is 8.29. The van der Waals surface area contributed by atoms with Gasteiger partial charge in [-0.3, -0.25) is 37.0 Å². The second-order valence-electron chi connectivity index (χ2n) is 9.44. The number of anilines is 1. The van der Waals surface area contributed by atoms with Crippen molar-refractivity contribution in [2.75, 3.05) is 26.1 Å². The van der Waals surface area contributed by atoms with Crippen molar-refractivity contribution in [1.29, 1.82) is 0 Å². The van der Waals surface area contributed by atoms with Crippen molar-refractivity contribution in [3.63, 3.8) is 0 Å². The van der Waals surface area contributed by atoms with Gasteiger partial charge in [-0.25, -0.2) is 33.3 Å². The normalized spacial score (nSPS) is 37.0. The van der Waals surface area contributed by atoms with Gasteiger partial charge in [-0.05, 0) is 0 Å². The fraction of sp³-hybridized carbons (Fsp3) is 0.550. The first-order valence-corrected chi connectivity index (χ1v) is 16.9. The van der Waals surface area contributed by atoms with Crippen molar-refractivity contribution in [3.05, 3.63) is 45.8 Å². The van der Waals surface area contributed by atoms with Crippen molar-refractivity contribution >= 4 is 43.3 Å². The number of nitrogens with zero attached hydrogens (tertiary/aromatic N) is 5. The van der Waals surface area contributed by atoms with Crippen molar-refractivity contribution < 1.29 is 50.2 Å². The SMILES string of the molecule is COSP1(=O)OC[C@H]2O[C@@H](n3cnc4c(N)ncnc43)C[C@@H]2OP(=O)(O)OC[C@H]2O[C@@H](n3ccc(=O)[nH]c3=O)[C@H](F)[C@@H]2O1. The van der Waals surface area contributed by atoms with Gasteiger partial charge in [0.15, 0.2) is 23.9 Å². The average molecular weight is 667 g/mol. The molecule has 0 amide bonds. The van der Waals surface area contributed by atoms with E-state index in [4.69, 9.17) is 37.5 Å². The van der Waals surface area contributed by atoms with Gasteiger partial charge in [0.2, 0.25) is 0 Å². The molecule has 0 radical (unpaired) electrons. The van der Waals surface area contributed by atoms with E-state index in [0.29, 0.717) is 11.2 Å². The van der Waals surface area contributed by atoms with Crippen LogP contribution in [0, 0.1) is 0 Å². The number of nitrogens with one attached hydrogen (secondary N) is 1. The number of alkyl halides is 1. The molecule has 0 saturated carbocycles. The van der Waals surface area contributed by atoms with E-state index in [1.165, 1.54) is 24.3 Å². The van der Waals surface area contributed by atoms with Crippen LogP contribution in [0.5, 0.6) is 0 Å². The van der Waals surface area contributed by atoms with Crippen LogP contribution < -0.4 is 17.0 Å². The lowest BCUT2D eigenvalue weighted by atomic mass is 10.1. The predicted octanol–water partition coefficient (Wildman–Crippen LogP) is 0.802. The van der Waals surface area contributed by atoms with Gasteiger partial charge in [0.25, 0.3) is 5.56 Å². The molecule has 0 bridgehead atoms. The number of ether oxygens (including phenoxy) is 2. The second kappa shape index (κ2) is 11.8. The Kier molecular flexibility index (Phi) is 8.33. The van der Waals surface area contributed by atoms with Crippen LogP contribution in [-0.4, -0.2) is 84.9 Å². The van der Waals surface area contributed by atoms with Crippen molar-refractivity contribution in [3.8, 4) is 0 Å². The number of nitrogen functional groups attached to an aromatic ring is 1. The number of rotatable bonds is 4. The molecule has 6 rings (SSSR count). The number of halogens is 1. The number of imidazole rings is 1. The molecule has 3 aromatic heterocycles. The van der Waals surface area contributed by atoms with Gasteiger partial charge < -0.3 is 24.3 Å². The van der Waals surface area contributed by atoms with Gasteiger partial charge in [0, 0.05) is 18.7 Å². The predicted molar refractivity (Wildman–Crippen MR) is 142 cm³/mol. The Bertz CT molecular complexity index is 1720. The van der Waals surface area contributed by atoms with Crippen LogP contribution in [0.15, 0.2) is 34.5 Å². The fourth-order valence-electron chi connectivity index (χ4n) is 4.86. The van der Waals surface area contributed by atoms with Gasteiger partial charge in [-0.1, -0.05) is 0 Å². The van der Waals surface area contributed by atoms with E-state index < -0.39 is 82.1 Å². The van der Waals surface area contributed by atoms with Crippen molar-refractivity contribution in [1.82, 2.24) is 29.1 Å². The van der Waals surface area contributed by atoms with Crippen molar-refractivity contribution in [2.24, 2.45) is 0 Å². The molecule has 4 N–H and O–H groups in total. The molecule has 3 saturated heterocycles. The molecule has 3 aliphatic heterocycles. The zero-order chi connectivity index (χ0) is 30.5. The molecular formula is C20H24FN7O12P2S. The summed E-state index contributed by atoms with van der Waals surface area (Å²) in [7, 11) is -3.69. The van der Waals surface area contributed by atoms with Gasteiger partial charge in [0.1, 0.15) is 54.2 Å². The highest BCUT2D eigenvalue weighted by Gasteiger charge is 2.53. The molecule has 23 heteroatoms. The largest absolute Gasteiger partial charge is 0.472 e. The molecular weight excluding hydrogens is 643 g/mol. The van der Waals surface area contributed by atoms with Gasteiger partial charge in [0.05, 0.1) is 26.7 Å². The number of phosphoric ester groups is 1. The van der Waals surface area contributed by atoms with E-state index in [-0.39, 0.29) is 23.9 Å². The highest BCUT2D eigenvalue weighted by atomic mass is 32.7. The standard InChI is InChI=1S/C20H24FN7O12P2S/c1-34-43-42(33)36-5-10-9(4-13(37-10)28-8-25-15-17(22)23-7-24-18(15)28)39-41(31,32)35-6-11-16(40-42)14(21)19(38-11)27-3-2-12(29)26-20(27)30/h2-3,7-11,13-14,16,19H,4-6H2,1H3,(H,31,32)(H2,22,23,24)(H,26,29,30)/t9-,10+,11+,13+,14+,16+,19+,42?/m0/s1. The number of fused-ring (bicyclic) bond motifs is 3. The minimum atomic E-state index is -4.87. The van der Waals surface area contributed by atoms with E-state index in [9.17, 15) is 23.6 Å². The maximum Gasteiger partial charge on any atom is 0.472 e. The maximum atomic E-state index is 15.8. The third kappa shape index (κ3) is 6.07. The summed E-state index contributed by atoms with van der Waals surface area (Å²) in [5.74, 6) is 0.127. The smallest absolute Gasteiger partial charge is 0.382 e. The Balaban J connectivity index is 1.29. The summed E-state index contributed by atoms with van der Waals surface area (Å²) >= 11 is 0.280. The van der Waals surface area contributed by atoms with E-state index >= 15 is 4.39 Å². The van der Waals surface area contributed by atoms with E-state index in [1.807, 2.05) is 4.98 Å². The molecule has 2 unspecified atom stereocenters. The van der Waals surface area contributed by atoms with Gasteiger partial charge in [-0.2, -0.15) is 0 Å². The summed E-state index contributed by atoms with van der Waals surface area (Å²) in [4.78, 5) is 48.5. The van der Waals surface area contributed by atoms with Crippen LogP contribution in [0.1, 0.15) is 18.9 Å². The highest BCUT2D eigenvalue weighted by molar-refractivity contribution is 8.52. The Morgan fingerprint density at radius 1 is 1.12 bits per heavy atom. The molecule has 0 aliphatic carbocycles. The third-order valence-electron chi connectivity index (χ3n) is 6.75. The first-order chi connectivity index (χ1) is 20.5. The zero-order valence-electron chi connectivity index (χ0n) is 21.9. The summed E-state index contributed by atoms with van der Waals surface area (Å²) in [6.45, 7) is -5.69. The van der Waals surface area contributed by atoms with E-state index in [2.05, 4.69) is 15.0 Å². The number of aromatic amines is 1. The molecule has 3 aromatic rings. The van der Waals surface area contributed by atoms with Crippen LogP contribution in [0.25, 0.3) is 11.2 Å². The average Bonchev–Trinajstić information content (AvgIpc) is 3.63. The van der Waals surface area contributed by atoms with Crippen LogP contribution in [0.2, 0.25) is 0 Å². The molecule has 3 fully saturated rings. The van der Waals surface area contributed by atoms with Crippen LogP contribution >= 0.6 is 26.3 Å².